The molecule has 3 aromatic carbocycles. The quantitative estimate of drug-likeness (QED) is 0.390. The molecule has 5 nitrogen and oxygen atoms in total. The molecular formula is C27H28F4N2O3S. The van der Waals surface area contributed by atoms with E-state index in [4.69, 9.17) is 0 Å². The number of amides is 1. The van der Waals surface area contributed by atoms with E-state index in [9.17, 15) is 30.8 Å². The maximum atomic E-state index is 13.5. The molecule has 1 aliphatic rings. The minimum absolute atomic E-state index is 0.00454. The monoisotopic (exact) mass is 536 g/mol. The molecule has 4 rings (SSSR count). The Morgan fingerprint density at radius 2 is 1.41 bits per heavy atom. The predicted octanol–water partition coefficient (Wildman–Crippen LogP) is 5.90. The van der Waals surface area contributed by atoms with E-state index in [1.165, 1.54) is 54.6 Å². The van der Waals surface area contributed by atoms with Crippen LogP contribution in [0.1, 0.15) is 29.8 Å². The molecule has 0 aliphatic carbocycles. The summed E-state index contributed by atoms with van der Waals surface area (Å²) in [6, 6.07) is 14.7. The largest absolute Gasteiger partial charge is 0.416 e. The molecule has 1 saturated heterocycles. The topological polar surface area (TPSA) is 57.7 Å². The van der Waals surface area contributed by atoms with Crippen LogP contribution in [-0.2, 0) is 16.0 Å². The molecule has 1 aliphatic heterocycles. The fourth-order valence-corrected chi connectivity index (χ4v) is 4.66. The van der Waals surface area contributed by atoms with Crippen LogP contribution in [0, 0.1) is 5.82 Å². The standard InChI is InChI=1S/C25H22F4N2O3S.C2H6/c1-35(33,34)21-10-11-22(17-2-6-19(26)7-3-17)23(16-21)24(32)31-14-12-30(13-15-31)20-8-4-18(5-9-20)25(27,28)29;1-2/h2-11,16H,12-15H2,1H3;1-2H3. The van der Waals surface area contributed by atoms with Crippen molar-refractivity contribution in [2.45, 2.75) is 24.9 Å². The van der Waals surface area contributed by atoms with Crippen LogP contribution in [0.2, 0.25) is 0 Å². The Hall–Kier alpha value is -3.40. The maximum absolute atomic E-state index is 13.5. The highest BCUT2D eigenvalue weighted by molar-refractivity contribution is 7.90. The number of sulfone groups is 1. The van der Waals surface area contributed by atoms with Crippen LogP contribution in [0.25, 0.3) is 11.1 Å². The molecule has 0 unspecified atom stereocenters. The summed E-state index contributed by atoms with van der Waals surface area (Å²) in [6.45, 7) is 5.39. The summed E-state index contributed by atoms with van der Waals surface area (Å²) in [5.74, 6) is -0.810. The van der Waals surface area contributed by atoms with Crippen molar-refractivity contribution >= 4 is 21.4 Å². The second-order valence-corrected chi connectivity index (χ2v) is 10.3. The first-order valence-electron chi connectivity index (χ1n) is 11.7. The van der Waals surface area contributed by atoms with Gasteiger partial charge in [-0.1, -0.05) is 32.0 Å². The van der Waals surface area contributed by atoms with E-state index in [1.807, 2.05) is 18.7 Å². The van der Waals surface area contributed by atoms with E-state index in [2.05, 4.69) is 0 Å². The number of alkyl halides is 3. The number of nitrogens with zero attached hydrogens (tertiary/aromatic N) is 2. The first-order valence-corrected chi connectivity index (χ1v) is 13.6. The van der Waals surface area contributed by atoms with Crippen LogP contribution in [0.5, 0.6) is 0 Å². The molecule has 0 spiro atoms. The van der Waals surface area contributed by atoms with Crippen LogP contribution < -0.4 is 4.90 Å². The van der Waals surface area contributed by atoms with Gasteiger partial charge in [-0.25, -0.2) is 12.8 Å². The lowest BCUT2D eigenvalue weighted by Gasteiger charge is -2.36. The van der Waals surface area contributed by atoms with Crippen LogP contribution in [0.15, 0.2) is 71.6 Å². The number of anilines is 1. The van der Waals surface area contributed by atoms with Gasteiger partial charge in [0.15, 0.2) is 9.84 Å². The summed E-state index contributed by atoms with van der Waals surface area (Å²) in [4.78, 5) is 16.9. The molecule has 0 radical (unpaired) electrons. The molecule has 0 bridgehead atoms. The summed E-state index contributed by atoms with van der Waals surface area (Å²) < 4.78 is 76.1. The molecule has 1 heterocycles. The fraction of sp³-hybridized carbons (Fsp3) is 0.296. The Bertz CT molecular complexity index is 1330. The molecule has 37 heavy (non-hydrogen) atoms. The van der Waals surface area contributed by atoms with Crippen LogP contribution in [0.3, 0.4) is 0 Å². The average molecular weight is 537 g/mol. The second-order valence-electron chi connectivity index (χ2n) is 8.31. The fourth-order valence-electron chi connectivity index (χ4n) is 4.01. The molecule has 1 amide bonds. The summed E-state index contributed by atoms with van der Waals surface area (Å²) in [5, 5.41) is 0. The zero-order chi connectivity index (χ0) is 27.4. The zero-order valence-corrected chi connectivity index (χ0v) is 21.5. The number of hydrogen-bond donors (Lipinski definition) is 0. The van der Waals surface area contributed by atoms with Crippen LogP contribution >= 0.6 is 0 Å². The van der Waals surface area contributed by atoms with E-state index in [0.717, 1.165) is 18.4 Å². The minimum Gasteiger partial charge on any atom is -0.368 e. The van der Waals surface area contributed by atoms with Gasteiger partial charge in [0.2, 0.25) is 0 Å². The zero-order valence-electron chi connectivity index (χ0n) is 20.7. The molecular weight excluding hydrogens is 508 g/mol. The summed E-state index contributed by atoms with van der Waals surface area (Å²) in [7, 11) is -3.57. The Balaban J connectivity index is 0.00000186. The highest BCUT2D eigenvalue weighted by atomic mass is 32.2. The van der Waals surface area contributed by atoms with Gasteiger partial charge in [-0.05, 0) is 59.7 Å². The summed E-state index contributed by atoms with van der Waals surface area (Å²) >= 11 is 0. The molecule has 1 fully saturated rings. The highest BCUT2D eigenvalue weighted by Gasteiger charge is 2.31. The lowest BCUT2D eigenvalue weighted by Crippen LogP contribution is -2.49. The Morgan fingerprint density at radius 1 is 0.838 bits per heavy atom. The lowest BCUT2D eigenvalue weighted by molar-refractivity contribution is -0.137. The van der Waals surface area contributed by atoms with Crippen molar-refractivity contribution in [3.63, 3.8) is 0 Å². The Labute approximate surface area is 214 Å². The van der Waals surface area contributed by atoms with Crippen molar-refractivity contribution in [1.29, 1.82) is 0 Å². The number of hydrogen-bond acceptors (Lipinski definition) is 4. The number of rotatable bonds is 4. The van der Waals surface area contributed by atoms with Crippen LogP contribution in [0.4, 0.5) is 23.2 Å². The SMILES string of the molecule is CC.CS(=O)(=O)c1ccc(-c2ccc(F)cc2)c(C(=O)N2CCN(c3ccc(C(F)(F)F)cc3)CC2)c1. The van der Waals surface area contributed by atoms with E-state index in [0.29, 0.717) is 43.0 Å². The van der Waals surface area contributed by atoms with E-state index >= 15 is 0 Å². The first kappa shape index (κ1) is 28.2. The van der Waals surface area contributed by atoms with E-state index in [-0.39, 0.29) is 16.4 Å². The number of halogens is 4. The molecule has 198 valence electrons. The van der Waals surface area contributed by atoms with Gasteiger partial charge in [-0.3, -0.25) is 4.79 Å². The first-order chi connectivity index (χ1) is 17.4. The van der Waals surface area contributed by atoms with Gasteiger partial charge < -0.3 is 9.80 Å². The van der Waals surface area contributed by atoms with Crippen molar-refractivity contribution in [2.75, 3.05) is 37.3 Å². The van der Waals surface area contributed by atoms with Gasteiger partial charge in [0.1, 0.15) is 5.82 Å². The van der Waals surface area contributed by atoms with Crippen LogP contribution in [-0.4, -0.2) is 51.7 Å². The molecule has 0 saturated carbocycles. The van der Waals surface area contributed by atoms with Gasteiger partial charge in [-0.15, -0.1) is 0 Å². The number of piperazine rings is 1. The van der Waals surface area contributed by atoms with Crippen molar-refractivity contribution in [2.24, 2.45) is 0 Å². The van der Waals surface area contributed by atoms with Gasteiger partial charge in [0.25, 0.3) is 5.91 Å². The van der Waals surface area contributed by atoms with E-state index in [1.54, 1.807) is 4.90 Å². The van der Waals surface area contributed by atoms with Gasteiger partial charge in [0.05, 0.1) is 10.5 Å². The molecule has 0 aromatic heterocycles. The normalized spacial score (nSPS) is 14.1. The third kappa shape index (κ3) is 6.68. The van der Waals surface area contributed by atoms with E-state index < -0.39 is 27.4 Å². The Kier molecular flexibility index (Phi) is 8.63. The van der Waals surface area contributed by atoms with Crippen molar-refractivity contribution in [3.05, 3.63) is 83.7 Å². The third-order valence-corrected chi connectivity index (χ3v) is 7.04. The lowest BCUT2D eigenvalue weighted by atomic mass is 9.98. The molecule has 10 heteroatoms. The molecule has 0 N–H and O–H groups in total. The minimum atomic E-state index is -4.41. The van der Waals surface area contributed by atoms with Crippen molar-refractivity contribution in [3.8, 4) is 11.1 Å². The third-order valence-electron chi connectivity index (χ3n) is 5.93. The highest BCUT2D eigenvalue weighted by Crippen LogP contribution is 2.31. The number of carbonyl (C=O) groups is 1. The van der Waals surface area contributed by atoms with Gasteiger partial charge >= 0.3 is 6.18 Å². The van der Waals surface area contributed by atoms with Gasteiger partial charge in [-0.2, -0.15) is 13.2 Å². The average Bonchev–Trinajstić information content (AvgIpc) is 2.89. The maximum Gasteiger partial charge on any atom is 0.416 e. The predicted molar refractivity (Wildman–Crippen MR) is 136 cm³/mol. The second kappa shape index (κ2) is 11.3. The Morgan fingerprint density at radius 3 is 1.92 bits per heavy atom. The smallest absolute Gasteiger partial charge is 0.368 e. The number of benzene rings is 3. The molecule has 0 atom stereocenters. The summed E-state index contributed by atoms with van der Waals surface area (Å²) in [6.07, 6.45) is -3.36. The van der Waals surface area contributed by atoms with Crippen molar-refractivity contribution in [1.82, 2.24) is 4.90 Å². The number of carbonyl (C=O) groups excluding carboxylic acids is 1. The molecule has 3 aromatic rings. The van der Waals surface area contributed by atoms with Crippen molar-refractivity contribution < 1.29 is 30.8 Å². The summed E-state index contributed by atoms with van der Waals surface area (Å²) in [5.41, 5.74) is 1.12. The van der Waals surface area contributed by atoms with Gasteiger partial charge in [0, 0.05) is 43.7 Å².